The number of rotatable bonds is 7. The fraction of sp³-hybridized carbons (Fsp3) is 0.238. The summed E-state index contributed by atoms with van der Waals surface area (Å²) in [6.07, 6.45) is -2.91. The number of hydrogen-bond acceptors (Lipinski definition) is 4. The van der Waals surface area contributed by atoms with Gasteiger partial charge in [0.1, 0.15) is 5.76 Å². The van der Waals surface area contributed by atoms with Gasteiger partial charge in [0.05, 0.1) is 24.8 Å². The molecule has 0 aliphatic carbocycles. The second-order valence-corrected chi connectivity index (χ2v) is 6.54. The number of nitrogens with zero attached hydrogens (tertiary/aromatic N) is 1. The molecule has 0 bridgehead atoms. The first-order valence-electron chi connectivity index (χ1n) is 8.99. The first-order chi connectivity index (χ1) is 14.3. The number of carbonyl (C=O) groups is 1. The van der Waals surface area contributed by atoms with Crippen molar-refractivity contribution in [1.29, 1.82) is 0 Å². The summed E-state index contributed by atoms with van der Waals surface area (Å²) in [5.41, 5.74) is -0.781. The molecule has 6 nitrogen and oxygen atoms in total. The predicted octanol–water partition coefficient (Wildman–Crippen LogP) is 3.63. The quantitative estimate of drug-likeness (QED) is 0.634. The lowest BCUT2D eigenvalue weighted by atomic mass is 10.0. The van der Waals surface area contributed by atoms with E-state index < -0.39 is 23.7 Å². The minimum absolute atomic E-state index is 0.0259. The molecule has 1 aromatic carbocycles. The largest absolute Gasteiger partial charge is 0.454 e. The third-order valence-corrected chi connectivity index (χ3v) is 4.37. The zero-order valence-corrected chi connectivity index (χ0v) is 16.0. The zero-order valence-electron chi connectivity index (χ0n) is 16.0. The molecular formula is C21H19F3N2O4. The lowest BCUT2D eigenvalue weighted by Gasteiger charge is -2.19. The maximum absolute atomic E-state index is 13.0. The van der Waals surface area contributed by atoms with Crippen molar-refractivity contribution < 1.29 is 27.1 Å². The van der Waals surface area contributed by atoms with Gasteiger partial charge in [0.2, 0.25) is 0 Å². The van der Waals surface area contributed by atoms with E-state index in [4.69, 9.17) is 9.15 Å². The molecule has 3 rings (SSSR count). The van der Waals surface area contributed by atoms with E-state index in [2.05, 4.69) is 5.32 Å². The topological polar surface area (TPSA) is 73.5 Å². The third-order valence-electron chi connectivity index (χ3n) is 4.37. The van der Waals surface area contributed by atoms with Crippen molar-refractivity contribution in [3.63, 3.8) is 0 Å². The Morgan fingerprint density at radius 3 is 2.67 bits per heavy atom. The molecular weight excluding hydrogens is 401 g/mol. The van der Waals surface area contributed by atoms with Crippen LogP contribution in [-0.2, 0) is 17.5 Å². The van der Waals surface area contributed by atoms with E-state index in [9.17, 15) is 22.8 Å². The SMILES string of the molecule is COCC(NC(=O)c1ccc(Cn2ccccc2=O)o1)c1cccc(C(F)(F)F)c1. The summed E-state index contributed by atoms with van der Waals surface area (Å²) in [6, 6.07) is 11.6. The van der Waals surface area contributed by atoms with E-state index in [1.807, 2.05) is 0 Å². The number of amides is 1. The van der Waals surface area contributed by atoms with Gasteiger partial charge in [-0.05, 0) is 35.9 Å². The highest BCUT2D eigenvalue weighted by molar-refractivity contribution is 5.91. The van der Waals surface area contributed by atoms with Crippen LogP contribution < -0.4 is 10.9 Å². The molecule has 2 heterocycles. The molecule has 1 unspecified atom stereocenters. The van der Waals surface area contributed by atoms with Gasteiger partial charge in [0.25, 0.3) is 11.5 Å². The van der Waals surface area contributed by atoms with Gasteiger partial charge >= 0.3 is 6.18 Å². The average Bonchev–Trinajstić information content (AvgIpc) is 3.17. The van der Waals surface area contributed by atoms with Crippen LogP contribution in [0.5, 0.6) is 0 Å². The summed E-state index contributed by atoms with van der Waals surface area (Å²) in [5, 5.41) is 2.62. The van der Waals surface area contributed by atoms with Crippen molar-refractivity contribution in [3.05, 3.63) is 93.8 Å². The first-order valence-corrected chi connectivity index (χ1v) is 8.99. The number of aromatic nitrogens is 1. The lowest BCUT2D eigenvalue weighted by Crippen LogP contribution is -2.31. The Balaban J connectivity index is 1.75. The van der Waals surface area contributed by atoms with Crippen LogP contribution in [0, 0.1) is 0 Å². The molecule has 3 aromatic rings. The van der Waals surface area contributed by atoms with Gasteiger partial charge in [-0.15, -0.1) is 0 Å². The molecule has 0 spiro atoms. The Labute approximate surface area is 169 Å². The molecule has 0 fully saturated rings. The van der Waals surface area contributed by atoms with Gasteiger partial charge < -0.3 is 19.0 Å². The van der Waals surface area contributed by atoms with Crippen LogP contribution in [0.15, 0.2) is 70.0 Å². The van der Waals surface area contributed by atoms with Gasteiger partial charge in [0.15, 0.2) is 5.76 Å². The Hall–Kier alpha value is -3.33. The van der Waals surface area contributed by atoms with Crippen LogP contribution in [0.1, 0.15) is 33.5 Å². The van der Waals surface area contributed by atoms with Crippen molar-refractivity contribution in [1.82, 2.24) is 9.88 Å². The number of halogens is 3. The minimum Gasteiger partial charge on any atom is -0.454 e. The Kier molecular flexibility index (Phi) is 6.41. The van der Waals surface area contributed by atoms with Crippen molar-refractivity contribution in [2.24, 2.45) is 0 Å². The third kappa shape index (κ3) is 5.18. The predicted molar refractivity (Wildman–Crippen MR) is 102 cm³/mol. The molecule has 30 heavy (non-hydrogen) atoms. The second-order valence-electron chi connectivity index (χ2n) is 6.54. The van der Waals surface area contributed by atoms with Gasteiger partial charge in [-0.25, -0.2) is 0 Å². The Morgan fingerprint density at radius 2 is 1.97 bits per heavy atom. The van der Waals surface area contributed by atoms with E-state index in [-0.39, 0.29) is 30.0 Å². The smallest absolute Gasteiger partial charge is 0.416 e. The monoisotopic (exact) mass is 420 g/mol. The summed E-state index contributed by atoms with van der Waals surface area (Å²) in [4.78, 5) is 24.4. The molecule has 0 aliphatic rings. The number of methoxy groups -OCH3 is 1. The highest BCUT2D eigenvalue weighted by Crippen LogP contribution is 2.31. The number of furan rings is 1. The van der Waals surface area contributed by atoms with Crippen molar-refractivity contribution >= 4 is 5.91 Å². The zero-order chi connectivity index (χ0) is 21.7. The molecule has 158 valence electrons. The molecule has 0 aliphatic heterocycles. The maximum Gasteiger partial charge on any atom is 0.416 e. The fourth-order valence-corrected chi connectivity index (χ4v) is 2.89. The first kappa shape index (κ1) is 21.4. The molecule has 0 radical (unpaired) electrons. The van der Waals surface area contributed by atoms with Crippen LogP contribution in [0.2, 0.25) is 0 Å². The number of nitrogens with one attached hydrogen (secondary N) is 1. The molecule has 1 amide bonds. The van der Waals surface area contributed by atoms with Crippen LogP contribution >= 0.6 is 0 Å². The van der Waals surface area contributed by atoms with Crippen LogP contribution in [0.3, 0.4) is 0 Å². The standard InChI is InChI=1S/C21H19F3N2O4/c1-29-13-17(14-5-4-6-15(11-14)21(22,23)24)25-20(28)18-9-8-16(30-18)12-26-10-3-2-7-19(26)27/h2-11,17H,12-13H2,1H3,(H,25,28). The van der Waals surface area contributed by atoms with Gasteiger partial charge in [-0.2, -0.15) is 13.2 Å². The van der Waals surface area contributed by atoms with Gasteiger partial charge in [-0.1, -0.05) is 18.2 Å². The Morgan fingerprint density at radius 1 is 1.17 bits per heavy atom. The van der Waals surface area contributed by atoms with Crippen LogP contribution in [0.4, 0.5) is 13.2 Å². The minimum atomic E-state index is -4.50. The fourth-order valence-electron chi connectivity index (χ4n) is 2.89. The summed E-state index contributed by atoms with van der Waals surface area (Å²) >= 11 is 0. The summed E-state index contributed by atoms with van der Waals surface area (Å²) in [6.45, 7) is 0.113. The molecule has 0 saturated carbocycles. The highest BCUT2D eigenvalue weighted by atomic mass is 19.4. The number of ether oxygens (including phenoxy) is 1. The van der Waals surface area contributed by atoms with Crippen molar-refractivity contribution in [2.45, 2.75) is 18.8 Å². The number of alkyl halides is 3. The van der Waals surface area contributed by atoms with Crippen LogP contribution in [-0.4, -0.2) is 24.2 Å². The molecule has 0 saturated heterocycles. The van der Waals surface area contributed by atoms with Crippen molar-refractivity contribution in [2.75, 3.05) is 13.7 Å². The number of hydrogen-bond donors (Lipinski definition) is 1. The van der Waals surface area contributed by atoms with E-state index >= 15 is 0 Å². The van der Waals surface area contributed by atoms with Gasteiger partial charge in [-0.3, -0.25) is 9.59 Å². The van der Waals surface area contributed by atoms with E-state index in [0.29, 0.717) is 5.76 Å². The summed E-state index contributed by atoms with van der Waals surface area (Å²) in [5.74, 6) is -0.251. The van der Waals surface area contributed by atoms with E-state index in [1.54, 1.807) is 24.4 Å². The number of benzene rings is 1. The highest BCUT2D eigenvalue weighted by Gasteiger charge is 2.31. The molecule has 1 N–H and O–H groups in total. The maximum atomic E-state index is 13.0. The van der Waals surface area contributed by atoms with E-state index in [0.717, 1.165) is 12.1 Å². The second kappa shape index (κ2) is 9.00. The lowest BCUT2D eigenvalue weighted by molar-refractivity contribution is -0.137. The van der Waals surface area contributed by atoms with Crippen LogP contribution in [0.25, 0.3) is 0 Å². The average molecular weight is 420 g/mol. The summed E-state index contributed by atoms with van der Waals surface area (Å²) < 4.78 is 51.0. The molecule has 9 heteroatoms. The van der Waals surface area contributed by atoms with Crippen molar-refractivity contribution in [3.8, 4) is 0 Å². The molecule has 2 aromatic heterocycles. The number of carbonyl (C=O) groups excluding carboxylic acids is 1. The van der Waals surface area contributed by atoms with E-state index in [1.165, 1.54) is 35.9 Å². The Bertz CT molecular complexity index is 1070. The summed E-state index contributed by atoms with van der Waals surface area (Å²) in [7, 11) is 1.38. The molecule has 1 atom stereocenters. The number of pyridine rings is 1. The normalized spacial score (nSPS) is 12.5. The van der Waals surface area contributed by atoms with Gasteiger partial charge in [0, 0.05) is 19.4 Å².